The van der Waals surface area contributed by atoms with Crippen LogP contribution >= 0.6 is 0 Å². The minimum absolute atomic E-state index is 0.0379. The third-order valence-electron chi connectivity index (χ3n) is 6.35. The Kier molecular flexibility index (Phi) is 20.4. The molecule has 0 aromatic heterocycles. The van der Waals surface area contributed by atoms with Gasteiger partial charge in [0.2, 0.25) is 0 Å². The van der Waals surface area contributed by atoms with Crippen molar-refractivity contribution in [3.05, 3.63) is 12.2 Å². The zero-order valence-electron chi connectivity index (χ0n) is 26.9. The molecule has 4 N–H and O–H groups in total. The molecule has 0 bridgehead atoms. The van der Waals surface area contributed by atoms with Gasteiger partial charge in [0.25, 0.3) is 21.9 Å². The van der Waals surface area contributed by atoms with E-state index in [9.17, 15) is 32.4 Å². The van der Waals surface area contributed by atoms with E-state index in [4.69, 9.17) is 18.8 Å². The number of rotatable bonds is 17. The number of allylic oxidation sites excluding steroid dienone is 2. The summed E-state index contributed by atoms with van der Waals surface area (Å²) in [7, 11) is -0.736. The van der Waals surface area contributed by atoms with Crippen molar-refractivity contribution in [2.45, 2.75) is 69.6 Å². The van der Waals surface area contributed by atoms with Gasteiger partial charge in [0, 0.05) is 19.6 Å². The predicted octanol–water partition coefficient (Wildman–Crippen LogP) is 0.756. The zero-order valence-corrected chi connectivity index (χ0v) is 27.7. The number of hydrogen-bond donors (Lipinski definition) is 4. The molecule has 2 rings (SSSR count). The van der Waals surface area contributed by atoms with E-state index in [1.54, 1.807) is 0 Å². The molecule has 0 aromatic carbocycles. The summed E-state index contributed by atoms with van der Waals surface area (Å²) in [6.45, 7) is 5.07. The van der Waals surface area contributed by atoms with Gasteiger partial charge >= 0.3 is 18.1 Å². The lowest BCUT2D eigenvalue weighted by molar-refractivity contribution is -0.198. The van der Waals surface area contributed by atoms with Crippen molar-refractivity contribution in [3.8, 4) is 0 Å². The molecule has 0 saturated carbocycles. The molecule has 0 aromatic rings. The Labute approximate surface area is 270 Å². The van der Waals surface area contributed by atoms with Crippen LogP contribution in [0.3, 0.4) is 0 Å². The lowest BCUT2D eigenvalue weighted by Gasteiger charge is -2.18. The van der Waals surface area contributed by atoms with E-state index in [-0.39, 0.29) is 56.6 Å². The molecule has 17 nitrogen and oxygen atoms in total. The van der Waals surface area contributed by atoms with Crippen LogP contribution in [0.2, 0.25) is 0 Å². The average molecular weight is 680 g/mol. The van der Waals surface area contributed by atoms with E-state index in [0.717, 1.165) is 51.6 Å². The van der Waals surface area contributed by atoms with Crippen LogP contribution in [-0.4, -0.2) is 131 Å². The quantitative estimate of drug-likeness (QED) is 0.0723. The topological polar surface area (TPSA) is 219 Å². The van der Waals surface area contributed by atoms with E-state index in [0.29, 0.717) is 6.54 Å². The maximum Gasteiger partial charge on any atom is 0.407 e. The van der Waals surface area contributed by atoms with Gasteiger partial charge in [-0.25, -0.2) is 14.4 Å². The second-order valence-corrected chi connectivity index (χ2v) is 12.1. The largest absolute Gasteiger partial charge is 0.446 e. The molecule has 1 aliphatic heterocycles. The van der Waals surface area contributed by atoms with Crippen LogP contribution < -0.4 is 16.0 Å². The first-order valence-corrected chi connectivity index (χ1v) is 16.8. The molecule has 1 fully saturated rings. The lowest BCUT2D eigenvalue weighted by Crippen LogP contribution is -2.36. The lowest BCUT2D eigenvalue weighted by atomic mass is 10.0. The molecule has 0 spiro atoms. The fourth-order valence-corrected chi connectivity index (χ4v) is 4.72. The Bertz CT molecular complexity index is 1100. The highest BCUT2D eigenvalue weighted by molar-refractivity contribution is 7.87. The first kappa shape index (κ1) is 40.7. The Morgan fingerprint density at radius 2 is 1.67 bits per heavy atom. The van der Waals surface area contributed by atoms with Gasteiger partial charge in [0.05, 0.1) is 39.3 Å². The maximum absolute atomic E-state index is 11.8. The summed E-state index contributed by atoms with van der Waals surface area (Å²) in [6, 6.07) is -0.0729. The maximum atomic E-state index is 11.8. The molecular formula is C28H49N5O12S. The fourth-order valence-electron chi connectivity index (χ4n) is 4.02. The highest BCUT2D eigenvalue weighted by atomic mass is 32.2. The number of carbonyl (C=O) groups excluding carboxylic acids is 5. The van der Waals surface area contributed by atoms with Crippen molar-refractivity contribution >= 4 is 40.0 Å². The van der Waals surface area contributed by atoms with Crippen LogP contribution in [0.5, 0.6) is 0 Å². The summed E-state index contributed by atoms with van der Waals surface area (Å²) in [5.41, 5.74) is 0. The van der Waals surface area contributed by atoms with Gasteiger partial charge in [0.1, 0.15) is 6.10 Å². The minimum Gasteiger partial charge on any atom is -0.446 e. The minimum atomic E-state index is -4.78. The highest BCUT2D eigenvalue weighted by Gasteiger charge is 2.48. The SMILES string of the molecule is CCNC(=O)NCCCN(C)C.O=C(CCOCCOCCNC(=O)OC1CC/C=C/CCC1)ON1C(=O)CC(S(=O)(=O)O)C1=O. The molecule has 1 heterocycles. The number of carbonyl (C=O) groups is 5. The van der Waals surface area contributed by atoms with Gasteiger partial charge in [-0.1, -0.05) is 12.2 Å². The molecule has 2 aliphatic rings. The molecular weight excluding hydrogens is 630 g/mol. The third kappa shape index (κ3) is 18.6. The van der Waals surface area contributed by atoms with Crippen LogP contribution in [0.4, 0.5) is 9.59 Å². The number of imide groups is 1. The number of urea groups is 1. The van der Waals surface area contributed by atoms with Crippen LogP contribution in [0.1, 0.15) is 58.3 Å². The van der Waals surface area contributed by atoms with Crippen molar-refractivity contribution in [2.24, 2.45) is 0 Å². The molecule has 5 amide bonds. The number of hydroxylamine groups is 2. The Balaban J connectivity index is 0.000000745. The van der Waals surface area contributed by atoms with E-state index in [2.05, 4.69) is 37.8 Å². The molecule has 2 atom stereocenters. The van der Waals surface area contributed by atoms with Gasteiger partial charge in [-0.15, -0.1) is 5.06 Å². The van der Waals surface area contributed by atoms with Gasteiger partial charge in [-0.3, -0.25) is 14.1 Å². The second kappa shape index (κ2) is 23.1. The van der Waals surface area contributed by atoms with Crippen molar-refractivity contribution < 1.29 is 56.0 Å². The number of nitrogens with one attached hydrogen (secondary N) is 3. The molecule has 0 radical (unpaired) electrons. The fraction of sp³-hybridized carbons (Fsp3) is 0.750. The number of hydrogen-bond acceptors (Lipinski definition) is 12. The molecule has 46 heavy (non-hydrogen) atoms. The summed E-state index contributed by atoms with van der Waals surface area (Å²) >= 11 is 0. The van der Waals surface area contributed by atoms with E-state index in [1.165, 1.54) is 0 Å². The summed E-state index contributed by atoms with van der Waals surface area (Å²) in [4.78, 5) is 64.4. The Morgan fingerprint density at radius 3 is 2.33 bits per heavy atom. The summed E-state index contributed by atoms with van der Waals surface area (Å²) in [6.07, 6.45) is 8.08. The average Bonchev–Trinajstić information content (AvgIpc) is 3.25. The molecule has 264 valence electrons. The number of ether oxygens (including phenoxy) is 3. The standard InChI is InChI=1S/C20H30N2O11S.C8H19N3O/c23-17-14-16(34(27,28)29)19(25)22(17)33-18(24)8-10-30-12-13-31-11-9-21-20(26)32-15-6-4-2-1-3-5-7-15;1-4-9-8(12)10-6-5-7-11(2)3/h1-2,15-16H,3-14H2,(H,21,26)(H,27,28,29);4-7H2,1-3H3,(H2,9,10,12)/b2-1+;. The molecule has 2 unspecified atom stereocenters. The molecule has 1 saturated heterocycles. The highest BCUT2D eigenvalue weighted by Crippen LogP contribution is 2.20. The van der Waals surface area contributed by atoms with Gasteiger partial charge in [-0.2, -0.15) is 8.42 Å². The zero-order chi connectivity index (χ0) is 34.4. The summed E-state index contributed by atoms with van der Waals surface area (Å²) < 4.78 is 46.9. The van der Waals surface area contributed by atoms with E-state index in [1.807, 2.05) is 21.0 Å². The summed E-state index contributed by atoms with van der Waals surface area (Å²) in [5.74, 6) is -3.36. The van der Waals surface area contributed by atoms with Crippen LogP contribution in [-0.2, 0) is 43.5 Å². The van der Waals surface area contributed by atoms with Crippen LogP contribution in [0.25, 0.3) is 0 Å². The van der Waals surface area contributed by atoms with Gasteiger partial charge < -0.3 is 39.9 Å². The van der Waals surface area contributed by atoms with E-state index < -0.39 is 45.7 Å². The van der Waals surface area contributed by atoms with Gasteiger partial charge in [0.15, 0.2) is 5.25 Å². The predicted molar refractivity (Wildman–Crippen MR) is 165 cm³/mol. The molecule has 18 heteroatoms. The molecule has 1 aliphatic carbocycles. The second-order valence-electron chi connectivity index (χ2n) is 10.5. The summed E-state index contributed by atoms with van der Waals surface area (Å²) in [5, 5.41) is 6.11. The van der Waals surface area contributed by atoms with Gasteiger partial charge in [-0.05, 0) is 66.1 Å². The Hall–Kier alpha value is -3.32. The number of nitrogens with zero attached hydrogens (tertiary/aromatic N) is 2. The smallest absolute Gasteiger partial charge is 0.407 e. The normalized spacial score (nSPS) is 18.9. The Morgan fingerprint density at radius 1 is 0.978 bits per heavy atom. The van der Waals surface area contributed by atoms with E-state index >= 15 is 0 Å². The van der Waals surface area contributed by atoms with Crippen LogP contribution in [0, 0.1) is 0 Å². The number of alkyl carbamates (subject to hydrolysis) is 1. The van der Waals surface area contributed by atoms with Crippen molar-refractivity contribution in [1.82, 2.24) is 25.9 Å². The van der Waals surface area contributed by atoms with Crippen molar-refractivity contribution in [1.29, 1.82) is 0 Å². The first-order chi connectivity index (χ1) is 21.8. The number of amides is 5. The monoisotopic (exact) mass is 679 g/mol. The first-order valence-electron chi connectivity index (χ1n) is 15.3. The van der Waals surface area contributed by atoms with Crippen molar-refractivity contribution in [3.63, 3.8) is 0 Å². The van der Waals surface area contributed by atoms with Crippen LogP contribution in [0.15, 0.2) is 12.2 Å². The third-order valence-corrected chi connectivity index (χ3v) is 7.44. The van der Waals surface area contributed by atoms with Crippen molar-refractivity contribution in [2.75, 3.05) is 66.7 Å².